The summed E-state index contributed by atoms with van der Waals surface area (Å²) in [6, 6.07) is 4.45. The van der Waals surface area contributed by atoms with Crippen molar-refractivity contribution in [3.63, 3.8) is 0 Å². The number of carbonyl (C=O) groups excluding carboxylic acids is 1. The van der Waals surface area contributed by atoms with Gasteiger partial charge in [-0.05, 0) is 31.0 Å². The number of aromatic amines is 1. The van der Waals surface area contributed by atoms with E-state index in [1.807, 2.05) is 0 Å². The van der Waals surface area contributed by atoms with Gasteiger partial charge in [-0.1, -0.05) is 0 Å². The number of hydrogen-bond donors (Lipinski definition) is 2. The molecule has 1 aliphatic rings. The lowest BCUT2D eigenvalue weighted by molar-refractivity contribution is 0.0947. The predicted octanol–water partition coefficient (Wildman–Crippen LogP) is 1.04. The van der Waals surface area contributed by atoms with Crippen molar-refractivity contribution in [3.05, 3.63) is 35.0 Å². The summed E-state index contributed by atoms with van der Waals surface area (Å²) in [5.41, 5.74) is 0.135. The minimum atomic E-state index is -3.59. The Morgan fingerprint density at radius 3 is 2.54 bits per heavy atom. The van der Waals surface area contributed by atoms with Gasteiger partial charge in [0.05, 0.1) is 6.54 Å². The molecule has 1 fully saturated rings. The first-order valence-corrected chi connectivity index (χ1v) is 12.3. The molecule has 2 N–H and O–H groups in total. The van der Waals surface area contributed by atoms with Gasteiger partial charge in [-0.3, -0.25) is 4.79 Å². The number of aromatic nitrogens is 1. The number of rotatable bonds is 7. The van der Waals surface area contributed by atoms with Gasteiger partial charge < -0.3 is 10.3 Å². The number of thiophene rings is 1. The standard InChI is InChI=1S/C16H22N4O5S3/c1-19(2)28(24,25)15-6-5-12(26-15)10-18-16(21)14-9-13(11-17-14)27(22,23)20-7-3-4-8-20/h5-6,9,11,17H,3-4,7-8,10H2,1-2H3,(H,18,21). The Balaban J connectivity index is 1.65. The van der Waals surface area contributed by atoms with Gasteiger partial charge in [0.25, 0.3) is 15.9 Å². The summed E-state index contributed by atoms with van der Waals surface area (Å²) in [4.78, 5) is 15.8. The molecule has 154 valence electrons. The lowest BCUT2D eigenvalue weighted by Crippen LogP contribution is -2.27. The number of nitrogens with zero attached hydrogens (tertiary/aromatic N) is 2. The topological polar surface area (TPSA) is 120 Å². The van der Waals surface area contributed by atoms with Gasteiger partial charge in [-0.15, -0.1) is 11.3 Å². The van der Waals surface area contributed by atoms with Crippen LogP contribution in [-0.2, 0) is 26.6 Å². The molecule has 2 aromatic heterocycles. The van der Waals surface area contributed by atoms with Crippen LogP contribution in [0.4, 0.5) is 0 Å². The minimum Gasteiger partial charge on any atom is -0.356 e. The number of H-pyrrole nitrogens is 1. The van der Waals surface area contributed by atoms with Gasteiger partial charge in [0.1, 0.15) is 14.8 Å². The molecule has 0 atom stereocenters. The zero-order chi connectivity index (χ0) is 20.5. The Morgan fingerprint density at radius 1 is 1.21 bits per heavy atom. The van der Waals surface area contributed by atoms with E-state index in [0.717, 1.165) is 28.5 Å². The Labute approximate surface area is 168 Å². The first kappa shape index (κ1) is 21.0. The zero-order valence-corrected chi connectivity index (χ0v) is 18.0. The van der Waals surface area contributed by atoms with E-state index in [0.29, 0.717) is 18.0 Å². The molecule has 1 aliphatic heterocycles. The molecule has 2 aromatic rings. The van der Waals surface area contributed by atoms with Gasteiger partial charge in [-0.25, -0.2) is 21.1 Å². The number of nitrogens with one attached hydrogen (secondary N) is 2. The highest BCUT2D eigenvalue weighted by Crippen LogP contribution is 2.24. The van der Waals surface area contributed by atoms with Crippen molar-refractivity contribution in [1.82, 2.24) is 18.9 Å². The second-order valence-corrected chi connectivity index (χ2v) is 12.0. The maximum Gasteiger partial charge on any atom is 0.268 e. The largest absolute Gasteiger partial charge is 0.356 e. The van der Waals surface area contributed by atoms with Crippen molar-refractivity contribution in [2.45, 2.75) is 28.5 Å². The summed E-state index contributed by atoms with van der Waals surface area (Å²) in [5, 5.41) is 2.67. The normalized spacial score (nSPS) is 16.0. The Hall–Kier alpha value is -1.73. The lowest BCUT2D eigenvalue weighted by atomic mass is 10.4. The van der Waals surface area contributed by atoms with Gasteiger partial charge >= 0.3 is 0 Å². The average Bonchev–Trinajstić information content (AvgIpc) is 3.41. The van der Waals surface area contributed by atoms with Gasteiger partial charge in [-0.2, -0.15) is 4.31 Å². The SMILES string of the molecule is CN(C)S(=O)(=O)c1ccc(CNC(=O)c2cc(S(=O)(=O)N3CCCC3)c[nH]2)s1. The van der Waals surface area contributed by atoms with Crippen LogP contribution in [-0.4, -0.2) is 63.5 Å². The van der Waals surface area contributed by atoms with Crippen LogP contribution in [0.5, 0.6) is 0 Å². The number of amides is 1. The molecule has 3 rings (SSSR count). The molecule has 28 heavy (non-hydrogen) atoms. The molecule has 3 heterocycles. The molecule has 9 nitrogen and oxygen atoms in total. The van der Waals surface area contributed by atoms with E-state index in [9.17, 15) is 21.6 Å². The fourth-order valence-electron chi connectivity index (χ4n) is 2.77. The Morgan fingerprint density at radius 2 is 1.89 bits per heavy atom. The van der Waals surface area contributed by atoms with Crippen LogP contribution in [0, 0.1) is 0 Å². The third-order valence-corrected chi connectivity index (χ3v) is 9.64. The molecule has 0 aliphatic carbocycles. The average molecular weight is 447 g/mol. The minimum absolute atomic E-state index is 0.0648. The molecule has 0 radical (unpaired) electrons. The predicted molar refractivity (Wildman–Crippen MR) is 105 cm³/mol. The summed E-state index contributed by atoms with van der Waals surface area (Å²) < 4.78 is 52.0. The van der Waals surface area contributed by atoms with Crippen LogP contribution < -0.4 is 5.32 Å². The van der Waals surface area contributed by atoms with Crippen LogP contribution in [0.25, 0.3) is 0 Å². The Bertz CT molecular complexity index is 1060. The number of hydrogen-bond acceptors (Lipinski definition) is 6. The molecule has 0 bridgehead atoms. The number of sulfonamides is 2. The molecule has 0 spiro atoms. The summed E-state index contributed by atoms with van der Waals surface area (Å²) >= 11 is 1.07. The molecule has 0 saturated carbocycles. The van der Waals surface area contributed by atoms with Crippen LogP contribution >= 0.6 is 11.3 Å². The van der Waals surface area contributed by atoms with Crippen molar-refractivity contribution in [1.29, 1.82) is 0 Å². The smallest absolute Gasteiger partial charge is 0.268 e. The maximum absolute atomic E-state index is 12.5. The third kappa shape index (κ3) is 4.15. The molecule has 0 unspecified atom stereocenters. The molecule has 12 heteroatoms. The van der Waals surface area contributed by atoms with E-state index in [1.54, 1.807) is 6.07 Å². The van der Waals surface area contributed by atoms with Crippen molar-refractivity contribution in [2.75, 3.05) is 27.2 Å². The summed E-state index contributed by atoms with van der Waals surface area (Å²) in [6.45, 7) is 1.12. The molecule has 1 saturated heterocycles. The fourth-order valence-corrected chi connectivity index (χ4v) is 6.74. The van der Waals surface area contributed by atoms with E-state index < -0.39 is 26.0 Å². The summed E-state index contributed by atoms with van der Waals surface area (Å²) in [7, 11) is -4.19. The molecule has 0 aromatic carbocycles. The zero-order valence-electron chi connectivity index (χ0n) is 15.5. The second-order valence-electron chi connectivity index (χ2n) is 6.55. The highest BCUT2D eigenvalue weighted by molar-refractivity contribution is 7.91. The van der Waals surface area contributed by atoms with E-state index in [4.69, 9.17) is 0 Å². The van der Waals surface area contributed by atoms with Crippen molar-refractivity contribution >= 4 is 37.3 Å². The monoisotopic (exact) mass is 446 g/mol. The van der Waals surface area contributed by atoms with Crippen LogP contribution in [0.15, 0.2) is 33.5 Å². The quantitative estimate of drug-likeness (QED) is 0.659. The first-order valence-electron chi connectivity index (χ1n) is 8.60. The third-order valence-electron chi connectivity index (χ3n) is 4.40. The van der Waals surface area contributed by atoms with Crippen molar-refractivity contribution in [3.8, 4) is 0 Å². The van der Waals surface area contributed by atoms with Crippen LogP contribution in [0.2, 0.25) is 0 Å². The summed E-state index contributed by atoms with van der Waals surface area (Å²) in [6.07, 6.45) is 2.99. The van der Waals surface area contributed by atoms with E-state index >= 15 is 0 Å². The first-order chi connectivity index (χ1) is 13.1. The van der Waals surface area contributed by atoms with E-state index in [-0.39, 0.29) is 21.3 Å². The van der Waals surface area contributed by atoms with Gasteiger partial charge in [0.2, 0.25) is 10.0 Å². The highest BCUT2D eigenvalue weighted by Gasteiger charge is 2.28. The summed E-state index contributed by atoms with van der Waals surface area (Å²) in [5.74, 6) is -0.465. The van der Waals surface area contributed by atoms with Crippen LogP contribution in [0.1, 0.15) is 28.2 Å². The fraction of sp³-hybridized carbons (Fsp3) is 0.438. The van der Waals surface area contributed by atoms with E-state index in [1.165, 1.54) is 36.7 Å². The Kier molecular flexibility index (Phi) is 5.96. The lowest BCUT2D eigenvalue weighted by Gasteiger charge is -2.13. The van der Waals surface area contributed by atoms with Crippen molar-refractivity contribution < 1.29 is 21.6 Å². The van der Waals surface area contributed by atoms with Gasteiger partial charge in [0, 0.05) is 38.3 Å². The van der Waals surface area contributed by atoms with E-state index in [2.05, 4.69) is 10.3 Å². The second kappa shape index (κ2) is 7.95. The van der Waals surface area contributed by atoms with Crippen molar-refractivity contribution in [2.24, 2.45) is 0 Å². The number of carbonyl (C=O) groups is 1. The molecular weight excluding hydrogens is 424 g/mol. The molecule has 1 amide bonds. The highest BCUT2D eigenvalue weighted by atomic mass is 32.2. The maximum atomic E-state index is 12.5. The molecular formula is C16H22N4O5S3. The van der Waals surface area contributed by atoms with Crippen LogP contribution in [0.3, 0.4) is 0 Å². The van der Waals surface area contributed by atoms with Gasteiger partial charge in [0.15, 0.2) is 0 Å².